The summed E-state index contributed by atoms with van der Waals surface area (Å²) in [5.74, 6) is 0.402. The second-order valence-corrected chi connectivity index (χ2v) is 6.81. The number of amides is 1. The van der Waals surface area contributed by atoms with E-state index < -0.39 is 23.8 Å². The Morgan fingerprint density at radius 1 is 1.38 bits per heavy atom. The lowest BCUT2D eigenvalue weighted by atomic mass is 9.87. The molecular weight excluding hydrogens is 272 g/mol. The molecule has 6 nitrogen and oxygen atoms in total. The highest BCUT2D eigenvalue weighted by atomic mass is 16.5. The van der Waals surface area contributed by atoms with Crippen LogP contribution >= 0.6 is 0 Å². The van der Waals surface area contributed by atoms with Gasteiger partial charge in [0.1, 0.15) is 0 Å². The fraction of sp³-hybridized carbons (Fsp3) is 0.933. The number of nitrogens with one attached hydrogen (secondary N) is 1. The van der Waals surface area contributed by atoms with Crippen LogP contribution in [0.3, 0.4) is 0 Å². The van der Waals surface area contributed by atoms with Crippen LogP contribution in [0.4, 0.5) is 4.79 Å². The largest absolute Gasteiger partial charge is 0.465 e. The van der Waals surface area contributed by atoms with Gasteiger partial charge in [0.25, 0.3) is 0 Å². The van der Waals surface area contributed by atoms with Crippen LogP contribution in [0.5, 0.6) is 0 Å². The predicted molar refractivity (Wildman–Crippen MR) is 81.5 cm³/mol. The van der Waals surface area contributed by atoms with Gasteiger partial charge in [-0.3, -0.25) is 4.90 Å². The standard InChI is InChI=1S/C15H30N2O4/c1-15(2,3)17(14(19)20)12(13(18)10-16-4)9-11-5-7-21-8-6-11/h11-13,16,18H,5-10H2,1-4H3,(H,19,20)/t12?,13-/m1/s1. The van der Waals surface area contributed by atoms with Crippen LogP contribution in [0.2, 0.25) is 0 Å². The van der Waals surface area contributed by atoms with Crippen LogP contribution in [0.25, 0.3) is 0 Å². The highest BCUT2D eigenvalue weighted by Crippen LogP contribution is 2.28. The van der Waals surface area contributed by atoms with Gasteiger partial charge in [0.2, 0.25) is 0 Å². The van der Waals surface area contributed by atoms with E-state index in [2.05, 4.69) is 5.32 Å². The molecule has 1 aliphatic heterocycles. The number of nitrogens with zero attached hydrogens (tertiary/aromatic N) is 1. The third-order valence-electron chi connectivity index (χ3n) is 4.03. The van der Waals surface area contributed by atoms with Crippen molar-refractivity contribution in [2.24, 2.45) is 5.92 Å². The first kappa shape index (κ1) is 18.2. The van der Waals surface area contributed by atoms with Crippen molar-refractivity contribution in [2.75, 3.05) is 26.8 Å². The molecule has 1 rings (SSSR count). The number of likely N-dealkylation sites (N-methyl/N-ethyl adjacent to an activating group) is 1. The molecule has 0 spiro atoms. The Morgan fingerprint density at radius 2 is 1.95 bits per heavy atom. The Bertz CT molecular complexity index is 324. The maximum absolute atomic E-state index is 11.7. The van der Waals surface area contributed by atoms with Gasteiger partial charge < -0.3 is 20.3 Å². The van der Waals surface area contributed by atoms with Crippen molar-refractivity contribution >= 4 is 6.09 Å². The predicted octanol–water partition coefficient (Wildman–Crippen LogP) is 1.53. The zero-order valence-corrected chi connectivity index (χ0v) is 13.6. The number of aliphatic hydroxyl groups excluding tert-OH is 1. The SMILES string of the molecule is CNC[C@@H](O)C(CC1CCOCC1)N(C(=O)O)C(C)(C)C. The second kappa shape index (κ2) is 7.96. The normalized spacial score (nSPS) is 20.0. The van der Waals surface area contributed by atoms with Crippen molar-refractivity contribution in [2.45, 2.75) is 57.7 Å². The highest BCUT2D eigenvalue weighted by Gasteiger charge is 2.38. The van der Waals surface area contributed by atoms with Crippen LogP contribution in [-0.2, 0) is 4.74 Å². The summed E-state index contributed by atoms with van der Waals surface area (Å²) in [5.41, 5.74) is -0.545. The first-order valence-electron chi connectivity index (χ1n) is 7.70. The molecule has 1 unspecified atom stereocenters. The van der Waals surface area contributed by atoms with Gasteiger partial charge in [-0.15, -0.1) is 0 Å². The molecule has 0 bridgehead atoms. The lowest BCUT2D eigenvalue weighted by Crippen LogP contribution is -2.57. The number of hydrogen-bond donors (Lipinski definition) is 3. The first-order valence-corrected chi connectivity index (χ1v) is 7.70. The Hall–Kier alpha value is -0.850. The monoisotopic (exact) mass is 302 g/mol. The van der Waals surface area contributed by atoms with Crippen molar-refractivity contribution in [1.82, 2.24) is 10.2 Å². The van der Waals surface area contributed by atoms with Crippen molar-refractivity contribution < 1.29 is 19.7 Å². The molecule has 6 heteroatoms. The zero-order valence-electron chi connectivity index (χ0n) is 13.6. The van der Waals surface area contributed by atoms with Gasteiger partial charge in [0.05, 0.1) is 12.1 Å². The summed E-state index contributed by atoms with van der Waals surface area (Å²) in [6.45, 7) is 7.43. The van der Waals surface area contributed by atoms with Gasteiger partial charge in [-0.2, -0.15) is 0 Å². The Balaban J connectivity index is 2.90. The molecule has 1 heterocycles. The minimum Gasteiger partial charge on any atom is -0.465 e. The van der Waals surface area contributed by atoms with Crippen LogP contribution < -0.4 is 5.32 Å². The molecular formula is C15H30N2O4. The van der Waals surface area contributed by atoms with Gasteiger partial charge in [0, 0.05) is 25.3 Å². The van der Waals surface area contributed by atoms with Gasteiger partial charge in [0.15, 0.2) is 0 Å². The van der Waals surface area contributed by atoms with Crippen LogP contribution in [0, 0.1) is 5.92 Å². The molecule has 21 heavy (non-hydrogen) atoms. The Labute approximate surface area is 127 Å². The summed E-state index contributed by atoms with van der Waals surface area (Å²) < 4.78 is 5.36. The van der Waals surface area contributed by atoms with E-state index in [9.17, 15) is 15.0 Å². The zero-order chi connectivity index (χ0) is 16.0. The Kier molecular flexibility index (Phi) is 6.90. The third-order valence-corrected chi connectivity index (χ3v) is 4.03. The summed E-state index contributed by atoms with van der Waals surface area (Å²) in [6, 6.07) is -0.405. The minimum absolute atomic E-state index is 0.383. The van der Waals surface area contributed by atoms with Crippen molar-refractivity contribution in [3.63, 3.8) is 0 Å². The van der Waals surface area contributed by atoms with E-state index >= 15 is 0 Å². The van der Waals surface area contributed by atoms with Crippen LogP contribution in [-0.4, -0.2) is 65.7 Å². The highest BCUT2D eigenvalue weighted by molar-refractivity contribution is 5.66. The van der Waals surface area contributed by atoms with E-state index in [-0.39, 0.29) is 0 Å². The van der Waals surface area contributed by atoms with Gasteiger partial charge in [-0.25, -0.2) is 4.79 Å². The molecule has 0 aliphatic carbocycles. The first-order chi connectivity index (χ1) is 9.77. The average molecular weight is 302 g/mol. The maximum Gasteiger partial charge on any atom is 0.408 e. The summed E-state index contributed by atoms with van der Waals surface area (Å²) in [4.78, 5) is 13.1. The molecule has 1 aliphatic rings. The molecule has 3 N–H and O–H groups in total. The molecule has 0 radical (unpaired) electrons. The summed E-state index contributed by atoms with van der Waals surface area (Å²) in [5, 5.41) is 23.0. The molecule has 0 saturated carbocycles. The average Bonchev–Trinajstić information content (AvgIpc) is 2.37. The fourth-order valence-electron chi connectivity index (χ4n) is 3.03. The van der Waals surface area contributed by atoms with E-state index in [1.807, 2.05) is 20.8 Å². The molecule has 0 aromatic rings. The number of aliphatic hydroxyl groups is 1. The molecule has 1 amide bonds. The van der Waals surface area contributed by atoms with E-state index in [1.54, 1.807) is 7.05 Å². The topological polar surface area (TPSA) is 82.0 Å². The van der Waals surface area contributed by atoms with E-state index in [4.69, 9.17) is 4.74 Å². The summed E-state index contributed by atoms with van der Waals surface area (Å²) in [6.07, 6.45) is 0.846. The van der Waals surface area contributed by atoms with Crippen molar-refractivity contribution in [3.05, 3.63) is 0 Å². The van der Waals surface area contributed by atoms with Crippen LogP contribution in [0.1, 0.15) is 40.0 Å². The number of carbonyl (C=O) groups is 1. The Morgan fingerprint density at radius 3 is 2.38 bits per heavy atom. The summed E-state index contributed by atoms with van der Waals surface area (Å²) in [7, 11) is 1.76. The quantitative estimate of drug-likeness (QED) is 0.693. The number of rotatable bonds is 6. The molecule has 0 aromatic carbocycles. The number of hydrogen-bond acceptors (Lipinski definition) is 4. The van der Waals surface area contributed by atoms with E-state index in [1.165, 1.54) is 4.90 Å². The number of carboxylic acid groups (broad SMARTS) is 1. The summed E-state index contributed by atoms with van der Waals surface area (Å²) >= 11 is 0. The number of ether oxygens (including phenoxy) is 1. The van der Waals surface area contributed by atoms with Gasteiger partial charge >= 0.3 is 6.09 Å². The minimum atomic E-state index is -0.977. The van der Waals surface area contributed by atoms with Crippen molar-refractivity contribution in [1.29, 1.82) is 0 Å². The van der Waals surface area contributed by atoms with E-state index in [0.29, 0.717) is 18.9 Å². The maximum atomic E-state index is 11.7. The van der Waals surface area contributed by atoms with Gasteiger partial charge in [-0.1, -0.05) is 0 Å². The molecule has 2 atom stereocenters. The van der Waals surface area contributed by atoms with Crippen molar-refractivity contribution in [3.8, 4) is 0 Å². The smallest absolute Gasteiger partial charge is 0.408 e. The lowest BCUT2D eigenvalue weighted by molar-refractivity contribution is -0.0136. The molecule has 0 aromatic heterocycles. The molecule has 124 valence electrons. The van der Waals surface area contributed by atoms with E-state index in [0.717, 1.165) is 26.1 Å². The molecule has 1 fully saturated rings. The second-order valence-electron chi connectivity index (χ2n) is 6.81. The van der Waals surface area contributed by atoms with Crippen LogP contribution in [0.15, 0.2) is 0 Å². The lowest BCUT2D eigenvalue weighted by Gasteiger charge is -2.43. The molecule has 1 saturated heterocycles. The fourth-order valence-corrected chi connectivity index (χ4v) is 3.03. The third kappa shape index (κ3) is 5.45. The van der Waals surface area contributed by atoms with Gasteiger partial charge in [-0.05, 0) is 53.0 Å².